The zero-order chi connectivity index (χ0) is 29.2. The van der Waals surface area contributed by atoms with Crippen molar-refractivity contribution in [2.24, 2.45) is 0 Å². The summed E-state index contributed by atoms with van der Waals surface area (Å²) in [4.78, 5) is 46.2. The molecule has 1 aliphatic rings. The third-order valence-corrected chi connectivity index (χ3v) is 6.75. The summed E-state index contributed by atoms with van der Waals surface area (Å²) in [6.45, 7) is 3.75. The van der Waals surface area contributed by atoms with Crippen LogP contribution in [-0.2, 0) is 31.9 Å². The minimum atomic E-state index is -0.909. The van der Waals surface area contributed by atoms with Gasteiger partial charge in [0.05, 0.1) is 35.2 Å². The highest BCUT2D eigenvalue weighted by Crippen LogP contribution is 2.40. The van der Waals surface area contributed by atoms with Crippen molar-refractivity contribution in [1.29, 1.82) is 0 Å². The lowest BCUT2D eigenvalue weighted by atomic mass is 9.80. The summed E-state index contributed by atoms with van der Waals surface area (Å²) >= 11 is 0. The summed E-state index contributed by atoms with van der Waals surface area (Å²) in [6, 6.07) is 13.5. The largest absolute Gasteiger partial charge is 0.462 e. The fraction of sp³-hybridized carbons (Fsp3) is 0.290. The van der Waals surface area contributed by atoms with Crippen LogP contribution >= 0.6 is 0 Å². The normalized spacial score (nSPS) is 13.5. The minimum absolute atomic E-state index is 0.148. The number of rotatable bonds is 12. The van der Waals surface area contributed by atoms with Crippen molar-refractivity contribution in [3.05, 3.63) is 123 Å². The van der Waals surface area contributed by atoms with Gasteiger partial charge in [0.25, 0.3) is 5.69 Å². The molecule has 0 saturated heterocycles. The van der Waals surface area contributed by atoms with Crippen LogP contribution in [0.5, 0.6) is 0 Å². The summed E-state index contributed by atoms with van der Waals surface area (Å²) in [5.74, 6) is -2.12. The van der Waals surface area contributed by atoms with Crippen molar-refractivity contribution in [2.45, 2.75) is 45.4 Å². The van der Waals surface area contributed by atoms with Gasteiger partial charge >= 0.3 is 11.9 Å². The first-order valence-corrected chi connectivity index (χ1v) is 13.4. The number of aromatic nitrogens is 2. The van der Waals surface area contributed by atoms with E-state index in [1.54, 1.807) is 44.7 Å². The molecule has 4 rings (SSSR count). The molecule has 3 heterocycles. The third kappa shape index (κ3) is 7.63. The smallest absolute Gasteiger partial charge is 0.336 e. The average Bonchev–Trinajstić information content (AvgIpc) is 2.98. The van der Waals surface area contributed by atoms with E-state index < -0.39 is 22.8 Å². The summed E-state index contributed by atoms with van der Waals surface area (Å²) in [6.07, 6.45) is 9.45. The molecular formula is C31H32N4O6. The molecule has 3 aromatic rings. The maximum atomic E-state index is 13.5. The molecule has 0 saturated carbocycles. The molecule has 41 heavy (non-hydrogen) atoms. The highest BCUT2D eigenvalue weighted by atomic mass is 16.6. The summed E-state index contributed by atoms with van der Waals surface area (Å²) < 4.78 is 11.3. The topological polar surface area (TPSA) is 134 Å². The van der Waals surface area contributed by atoms with Crippen molar-refractivity contribution in [3.8, 4) is 0 Å². The van der Waals surface area contributed by atoms with E-state index in [-0.39, 0.29) is 30.0 Å². The Bertz CT molecular complexity index is 1370. The number of nitrogens with one attached hydrogen (secondary N) is 1. The molecule has 1 N–H and O–H groups in total. The zero-order valence-electron chi connectivity index (χ0n) is 23.0. The molecule has 2 aromatic heterocycles. The Kier molecular flexibility index (Phi) is 9.93. The summed E-state index contributed by atoms with van der Waals surface area (Å²) in [5.41, 5.74) is 3.75. The van der Waals surface area contributed by atoms with Gasteiger partial charge in [-0.3, -0.25) is 20.1 Å². The van der Waals surface area contributed by atoms with E-state index in [2.05, 4.69) is 15.3 Å². The number of carbonyl (C=O) groups excluding carboxylic acids is 2. The van der Waals surface area contributed by atoms with E-state index >= 15 is 0 Å². The van der Waals surface area contributed by atoms with Crippen LogP contribution in [0.2, 0.25) is 0 Å². The Morgan fingerprint density at radius 3 is 1.85 bits per heavy atom. The quantitative estimate of drug-likeness (QED) is 0.142. The van der Waals surface area contributed by atoms with Gasteiger partial charge in [-0.25, -0.2) is 9.59 Å². The van der Waals surface area contributed by atoms with E-state index in [4.69, 9.17) is 9.47 Å². The van der Waals surface area contributed by atoms with Gasteiger partial charge in [-0.15, -0.1) is 0 Å². The fourth-order valence-electron chi connectivity index (χ4n) is 4.82. The van der Waals surface area contributed by atoms with Crippen LogP contribution in [0.3, 0.4) is 0 Å². The fourth-order valence-corrected chi connectivity index (χ4v) is 4.82. The molecule has 0 unspecified atom stereocenters. The van der Waals surface area contributed by atoms with Gasteiger partial charge < -0.3 is 14.8 Å². The Morgan fingerprint density at radius 2 is 1.39 bits per heavy atom. The number of nitrogens with zero attached hydrogens (tertiary/aromatic N) is 3. The van der Waals surface area contributed by atoms with Crippen molar-refractivity contribution in [1.82, 2.24) is 15.3 Å². The molecule has 0 aliphatic carbocycles. The highest BCUT2D eigenvalue weighted by Gasteiger charge is 2.38. The number of nitro benzene ring substituents is 1. The molecule has 10 nitrogen and oxygen atoms in total. The zero-order valence-corrected chi connectivity index (χ0v) is 23.0. The van der Waals surface area contributed by atoms with Crippen molar-refractivity contribution in [2.75, 3.05) is 13.2 Å². The van der Waals surface area contributed by atoms with E-state index in [1.165, 1.54) is 18.2 Å². The molecule has 0 amide bonds. The molecule has 1 aliphatic heterocycles. The molecule has 10 heteroatoms. The molecule has 0 fully saturated rings. The van der Waals surface area contributed by atoms with Crippen molar-refractivity contribution < 1.29 is 24.0 Å². The number of aryl methyl sites for hydroxylation is 2. The Morgan fingerprint density at radius 1 is 0.854 bits per heavy atom. The first-order valence-electron chi connectivity index (χ1n) is 13.4. The number of esters is 2. The lowest BCUT2D eigenvalue weighted by Gasteiger charge is -2.30. The Hall–Kier alpha value is -4.86. The van der Waals surface area contributed by atoms with Gasteiger partial charge in [0, 0.05) is 48.3 Å². The highest BCUT2D eigenvalue weighted by molar-refractivity contribution is 6.00. The third-order valence-electron chi connectivity index (χ3n) is 6.75. The second-order valence-electron chi connectivity index (χ2n) is 9.69. The van der Waals surface area contributed by atoms with Crippen LogP contribution in [0, 0.1) is 10.1 Å². The van der Waals surface area contributed by atoms with Gasteiger partial charge in [0.15, 0.2) is 0 Å². The van der Waals surface area contributed by atoms with Crippen LogP contribution in [0.1, 0.15) is 49.3 Å². The number of pyridine rings is 2. The number of carbonyl (C=O) groups is 2. The Balaban J connectivity index is 1.53. The van der Waals surface area contributed by atoms with Crippen LogP contribution < -0.4 is 5.32 Å². The lowest BCUT2D eigenvalue weighted by molar-refractivity contribution is -0.384. The molecule has 0 radical (unpaired) electrons. The molecule has 0 bridgehead atoms. The predicted molar refractivity (Wildman–Crippen MR) is 151 cm³/mol. The van der Waals surface area contributed by atoms with Gasteiger partial charge in [0.2, 0.25) is 0 Å². The predicted octanol–water partition coefficient (Wildman–Crippen LogP) is 4.97. The molecular weight excluding hydrogens is 524 g/mol. The molecule has 212 valence electrons. The number of ether oxygens (including phenoxy) is 2. The van der Waals surface area contributed by atoms with E-state index in [0.29, 0.717) is 42.6 Å². The lowest BCUT2D eigenvalue weighted by Crippen LogP contribution is -2.32. The van der Waals surface area contributed by atoms with Crippen molar-refractivity contribution in [3.63, 3.8) is 0 Å². The Labute approximate surface area is 238 Å². The number of dihydropyridines is 1. The first-order chi connectivity index (χ1) is 19.8. The van der Waals surface area contributed by atoms with Gasteiger partial charge in [0.1, 0.15) is 0 Å². The molecule has 0 atom stereocenters. The second-order valence-corrected chi connectivity index (χ2v) is 9.69. The van der Waals surface area contributed by atoms with Gasteiger partial charge in [-0.1, -0.05) is 24.3 Å². The van der Waals surface area contributed by atoms with Crippen LogP contribution in [-0.4, -0.2) is 40.0 Å². The minimum Gasteiger partial charge on any atom is -0.462 e. The molecule has 0 spiro atoms. The van der Waals surface area contributed by atoms with Crippen LogP contribution in [0.4, 0.5) is 5.69 Å². The number of hydrogen-bond donors (Lipinski definition) is 1. The number of non-ortho nitro benzene ring substituents is 1. The summed E-state index contributed by atoms with van der Waals surface area (Å²) in [7, 11) is 0. The van der Waals surface area contributed by atoms with E-state index in [0.717, 1.165) is 11.1 Å². The maximum absolute atomic E-state index is 13.5. The maximum Gasteiger partial charge on any atom is 0.336 e. The number of hydrogen-bond acceptors (Lipinski definition) is 9. The van der Waals surface area contributed by atoms with Gasteiger partial charge in [-0.05, 0) is 68.4 Å². The monoisotopic (exact) mass is 556 g/mol. The number of allylic oxidation sites excluding steroid dienone is 2. The summed E-state index contributed by atoms with van der Waals surface area (Å²) in [5, 5.41) is 14.7. The van der Waals surface area contributed by atoms with Crippen molar-refractivity contribution >= 4 is 17.6 Å². The van der Waals surface area contributed by atoms with Gasteiger partial charge in [-0.2, -0.15) is 0 Å². The van der Waals surface area contributed by atoms with Crippen LogP contribution in [0.25, 0.3) is 0 Å². The van der Waals surface area contributed by atoms with E-state index in [9.17, 15) is 19.7 Å². The molecule has 1 aromatic carbocycles. The second kappa shape index (κ2) is 14.0. The number of benzene rings is 1. The first kappa shape index (κ1) is 29.1. The standard InChI is InChI=1S/C31H32N4O6/c1-21-27(30(36)40-16-6-10-23-8-4-14-32-19-23)29(25-12-3-13-26(18-25)35(38)39)28(22(2)34-21)31(37)41-17-7-11-24-9-5-15-33-20-24/h3-5,8-9,12-15,18-20,29,34H,6-7,10-11,16-17H2,1-2H3. The average molecular weight is 557 g/mol. The van der Waals surface area contributed by atoms with E-state index in [1.807, 2.05) is 24.3 Å². The SMILES string of the molecule is CC1=C(C(=O)OCCCc2cccnc2)C(c2cccc([N+](=O)[O-])c2)C(C(=O)OCCCc2cccnc2)=C(C)N1. The van der Waals surface area contributed by atoms with Crippen LogP contribution in [0.15, 0.2) is 95.9 Å². The number of nitro groups is 1.